The summed E-state index contributed by atoms with van der Waals surface area (Å²) in [6.45, 7) is -0.714. The first kappa shape index (κ1) is 17.0. The Hall–Kier alpha value is -1.86. The molecule has 1 unspecified atom stereocenters. The second kappa shape index (κ2) is 5.89. The van der Waals surface area contributed by atoms with E-state index < -0.39 is 44.5 Å². The first-order chi connectivity index (χ1) is 11.2. The second-order valence-electron chi connectivity index (χ2n) is 5.09. The topological polar surface area (TPSA) is 209 Å². The maximum atomic E-state index is 11.7. The summed E-state index contributed by atoms with van der Waals surface area (Å²) in [5.74, 6) is -0.185. The molecule has 1 aliphatic rings. The average Bonchev–Trinajstić information content (AvgIpc) is 3.00. The number of hydrogen-bond donors (Lipinski definition) is 5. The molecule has 1 aliphatic heterocycles. The highest BCUT2D eigenvalue weighted by atomic mass is 31.2. The molecule has 3 heterocycles. The van der Waals surface area contributed by atoms with Crippen molar-refractivity contribution in [3.05, 3.63) is 16.7 Å². The molecule has 13 nitrogen and oxygen atoms in total. The van der Waals surface area contributed by atoms with Crippen molar-refractivity contribution < 1.29 is 33.8 Å². The molecular weight excluding hydrogens is 349 g/mol. The zero-order valence-electron chi connectivity index (χ0n) is 11.8. The third-order valence-corrected chi connectivity index (χ3v) is 3.94. The fourth-order valence-electron chi connectivity index (χ4n) is 2.39. The molecule has 0 aliphatic carbocycles. The number of aliphatic hydroxyl groups is 2. The first-order valence-electron chi connectivity index (χ1n) is 6.59. The Morgan fingerprint density at radius 3 is 2.88 bits per heavy atom. The maximum absolute atomic E-state index is 11.7. The highest BCUT2D eigenvalue weighted by molar-refractivity contribution is 7.44. The Morgan fingerprint density at radius 2 is 2.21 bits per heavy atom. The lowest BCUT2D eigenvalue weighted by Gasteiger charge is -2.20. The summed E-state index contributed by atoms with van der Waals surface area (Å²) in [5, 5.41) is 20.0. The van der Waals surface area contributed by atoms with E-state index in [1.807, 2.05) is 0 Å². The van der Waals surface area contributed by atoms with E-state index in [-0.39, 0.29) is 17.1 Å². The molecule has 24 heavy (non-hydrogen) atoms. The number of fused-ring (bicyclic) bond motifs is 1. The van der Waals surface area contributed by atoms with E-state index in [2.05, 4.69) is 19.5 Å². The van der Waals surface area contributed by atoms with Crippen LogP contribution in [0.25, 0.3) is 11.2 Å². The summed E-state index contributed by atoms with van der Waals surface area (Å²) in [5.41, 5.74) is 4.81. The predicted octanol–water partition coefficient (Wildman–Crippen LogP) is -3.20. The molecule has 1 saturated heterocycles. The normalized spacial score (nSPS) is 29.8. The molecule has 5 atom stereocenters. The van der Waals surface area contributed by atoms with Gasteiger partial charge < -0.3 is 35.0 Å². The molecule has 14 heteroatoms. The van der Waals surface area contributed by atoms with Crippen LogP contribution in [0.3, 0.4) is 0 Å². The molecule has 132 valence electrons. The van der Waals surface area contributed by atoms with Gasteiger partial charge in [-0.2, -0.15) is 4.98 Å². The molecule has 1 fully saturated rings. The van der Waals surface area contributed by atoms with Gasteiger partial charge in [0.25, 0.3) is 13.4 Å². The fourth-order valence-corrected chi connectivity index (χ4v) is 2.73. The highest BCUT2D eigenvalue weighted by Gasteiger charge is 2.44. The van der Waals surface area contributed by atoms with Gasteiger partial charge in [0, 0.05) is 0 Å². The number of ether oxygens (including phenoxy) is 1. The van der Waals surface area contributed by atoms with Gasteiger partial charge in [0.15, 0.2) is 17.4 Å². The van der Waals surface area contributed by atoms with Gasteiger partial charge in [-0.3, -0.25) is 18.9 Å². The molecular formula is C10H13N5O8P-. The van der Waals surface area contributed by atoms with E-state index >= 15 is 0 Å². The number of anilines is 1. The Bertz CT molecular complexity index is 861. The number of nitrogen functional groups attached to an aromatic ring is 1. The van der Waals surface area contributed by atoms with E-state index in [4.69, 9.17) is 15.4 Å². The quantitative estimate of drug-likeness (QED) is 0.342. The Balaban J connectivity index is 1.90. The van der Waals surface area contributed by atoms with Crippen molar-refractivity contribution in [2.75, 3.05) is 12.3 Å². The van der Waals surface area contributed by atoms with E-state index in [1.54, 1.807) is 0 Å². The smallest absolute Gasteiger partial charge is 0.280 e. The van der Waals surface area contributed by atoms with Crippen LogP contribution in [0.2, 0.25) is 0 Å². The molecule has 2 aromatic heterocycles. The van der Waals surface area contributed by atoms with Crippen LogP contribution < -0.4 is 16.2 Å². The molecule has 3 rings (SSSR count). The largest absolute Gasteiger partial charge is 0.756 e. The number of phosphoric acid groups is 1. The van der Waals surface area contributed by atoms with Crippen molar-refractivity contribution >= 4 is 24.9 Å². The number of hydrogen-bond acceptors (Lipinski definition) is 10. The van der Waals surface area contributed by atoms with Crippen LogP contribution in [-0.2, 0) is 13.8 Å². The summed E-state index contributed by atoms with van der Waals surface area (Å²) in [7, 11) is -5.01. The number of aliphatic hydroxyl groups excluding tert-OH is 2. The van der Waals surface area contributed by atoms with Gasteiger partial charge in [0.2, 0.25) is 5.95 Å². The molecule has 2 aromatic rings. The predicted molar refractivity (Wildman–Crippen MR) is 74.3 cm³/mol. The highest BCUT2D eigenvalue weighted by Crippen LogP contribution is 2.35. The number of aromatic amines is 1. The number of nitrogens with one attached hydrogen (secondary N) is 1. The van der Waals surface area contributed by atoms with Crippen molar-refractivity contribution in [1.29, 1.82) is 0 Å². The summed E-state index contributed by atoms with van der Waals surface area (Å²) < 4.78 is 21.3. The molecule has 0 amide bonds. The van der Waals surface area contributed by atoms with Crippen LogP contribution in [0.5, 0.6) is 0 Å². The minimum absolute atomic E-state index is 0.00530. The zero-order chi connectivity index (χ0) is 17.6. The van der Waals surface area contributed by atoms with Crippen LogP contribution in [0.4, 0.5) is 5.95 Å². The number of nitrogens with two attached hydrogens (primary N) is 1. The lowest BCUT2D eigenvalue weighted by atomic mass is 10.1. The van der Waals surface area contributed by atoms with Gasteiger partial charge >= 0.3 is 0 Å². The minimum Gasteiger partial charge on any atom is -0.756 e. The molecule has 0 spiro atoms. The van der Waals surface area contributed by atoms with E-state index in [0.29, 0.717) is 0 Å². The van der Waals surface area contributed by atoms with Crippen molar-refractivity contribution in [1.82, 2.24) is 19.5 Å². The second-order valence-corrected chi connectivity index (χ2v) is 6.28. The van der Waals surface area contributed by atoms with Crippen molar-refractivity contribution in [3.8, 4) is 0 Å². The lowest BCUT2D eigenvalue weighted by molar-refractivity contribution is -0.222. The Kier molecular flexibility index (Phi) is 4.17. The molecule has 0 aromatic carbocycles. The molecule has 0 bridgehead atoms. The van der Waals surface area contributed by atoms with Gasteiger partial charge in [-0.05, 0) is 0 Å². The van der Waals surface area contributed by atoms with Crippen molar-refractivity contribution in [2.45, 2.75) is 24.5 Å². The average molecular weight is 362 g/mol. The molecule has 6 N–H and O–H groups in total. The van der Waals surface area contributed by atoms with Crippen molar-refractivity contribution in [2.24, 2.45) is 0 Å². The zero-order valence-corrected chi connectivity index (χ0v) is 12.7. The van der Waals surface area contributed by atoms with Crippen LogP contribution in [0.1, 0.15) is 6.23 Å². The summed E-state index contributed by atoms with van der Waals surface area (Å²) in [4.78, 5) is 40.9. The van der Waals surface area contributed by atoms with Gasteiger partial charge in [0.05, 0.1) is 12.9 Å². The van der Waals surface area contributed by atoms with Crippen LogP contribution in [0, 0.1) is 0 Å². The first-order valence-corrected chi connectivity index (χ1v) is 8.09. The van der Waals surface area contributed by atoms with Crippen LogP contribution in [-0.4, -0.2) is 59.5 Å². The number of H-pyrrole nitrogens is 1. The summed E-state index contributed by atoms with van der Waals surface area (Å²) >= 11 is 0. The Morgan fingerprint density at radius 1 is 1.50 bits per heavy atom. The Labute approximate surface area is 132 Å². The molecule has 0 saturated carbocycles. The molecule has 0 radical (unpaired) electrons. The van der Waals surface area contributed by atoms with Gasteiger partial charge in [0.1, 0.15) is 18.3 Å². The number of rotatable bonds is 4. The number of imidazole rings is 1. The van der Waals surface area contributed by atoms with E-state index in [1.165, 1.54) is 4.57 Å². The summed E-state index contributed by atoms with van der Waals surface area (Å²) in [6, 6.07) is 0. The third-order valence-electron chi connectivity index (χ3n) is 3.46. The van der Waals surface area contributed by atoms with E-state index in [0.717, 1.165) is 6.33 Å². The van der Waals surface area contributed by atoms with Gasteiger partial charge in [-0.15, -0.1) is 0 Å². The van der Waals surface area contributed by atoms with E-state index in [9.17, 15) is 24.5 Å². The van der Waals surface area contributed by atoms with Gasteiger partial charge in [-0.25, -0.2) is 4.98 Å². The summed E-state index contributed by atoms with van der Waals surface area (Å²) in [6.07, 6.45) is -4.34. The third kappa shape index (κ3) is 3.06. The fraction of sp³-hybridized carbons (Fsp3) is 0.500. The number of aromatic nitrogens is 4. The monoisotopic (exact) mass is 362 g/mol. The standard InChI is InChI=1S/C10H14N5O8P/c11-10-13-7-4(8(18)14-10)12-2-15(7)9-6(17)5(16)3(23-9)1-22-24(19,20)21/h2-3,5-6,9,16-17H,1H2,(H2,19,20,21)(H3,11,13,14,18)/p-1/t3-,5-,6-,9-/m1/s1. The SMILES string of the molecule is Nc1nc2c(ncn2[C@@H]2O[C@H](COP(=O)([O-])O)[C@@H](O)[C@H]2O)c(=O)[nH]1. The van der Waals surface area contributed by atoms with Crippen LogP contribution in [0.15, 0.2) is 11.1 Å². The van der Waals surface area contributed by atoms with Crippen LogP contribution >= 0.6 is 7.82 Å². The maximum Gasteiger partial charge on any atom is 0.280 e. The number of phosphoric ester groups is 1. The van der Waals surface area contributed by atoms with Gasteiger partial charge in [-0.1, -0.05) is 0 Å². The lowest BCUT2D eigenvalue weighted by Crippen LogP contribution is -2.34. The van der Waals surface area contributed by atoms with Crippen molar-refractivity contribution in [3.63, 3.8) is 0 Å². The minimum atomic E-state index is -5.01. The number of nitrogens with zero attached hydrogens (tertiary/aromatic N) is 3.